The molecule has 0 fully saturated rings. The minimum Gasteiger partial charge on any atom is -0.357 e. The summed E-state index contributed by atoms with van der Waals surface area (Å²) in [6.07, 6.45) is 6.04. The van der Waals surface area contributed by atoms with E-state index in [9.17, 15) is 14.4 Å². The van der Waals surface area contributed by atoms with Crippen LogP contribution in [0.15, 0.2) is 42.0 Å². The van der Waals surface area contributed by atoms with Crippen LogP contribution < -0.4 is 5.32 Å². The summed E-state index contributed by atoms with van der Waals surface area (Å²) in [5, 5.41) is 2.69. The van der Waals surface area contributed by atoms with E-state index in [-0.39, 0.29) is 24.3 Å². The molecule has 0 radical (unpaired) electrons. The van der Waals surface area contributed by atoms with Gasteiger partial charge >= 0.3 is 0 Å². The molecule has 0 unspecified atom stereocenters. The molecule has 2 aliphatic rings. The molecule has 9 heteroatoms. The average Bonchev–Trinajstić information content (AvgIpc) is 2.94. The number of likely N-dealkylation sites (N-methyl/N-ethyl adjacent to an activating group) is 1. The van der Waals surface area contributed by atoms with E-state index in [4.69, 9.17) is 0 Å². The Balaban J connectivity index is 1.43. The van der Waals surface area contributed by atoms with Crippen LogP contribution >= 0.6 is 0 Å². The van der Waals surface area contributed by atoms with E-state index in [0.717, 1.165) is 22.6 Å². The van der Waals surface area contributed by atoms with Gasteiger partial charge in [-0.15, -0.1) is 0 Å². The van der Waals surface area contributed by atoms with Crippen LogP contribution in [0, 0.1) is 6.92 Å². The van der Waals surface area contributed by atoms with Gasteiger partial charge in [-0.05, 0) is 31.9 Å². The first kappa shape index (κ1) is 18.7. The van der Waals surface area contributed by atoms with E-state index in [2.05, 4.69) is 20.3 Å². The largest absolute Gasteiger partial charge is 0.357 e. The predicted octanol–water partition coefficient (Wildman–Crippen LogP) is 1.13. The summed E-state index contributed by atoms with van der Waals surface area (Å²) in [6.45, 7) is 2.42. The molecule has 1 N–H and O–H groups in total. The number of imide groups is 1. The van der Waals surface area contributed by atoms with Gasteiger partial charge in [0.15, 0.2) is 5.82 Å². The molecule has 4 rings (SSSR count). The van der Waals surface area contributed by atoms with Crippen molar-refractivity contribution in [3.63, 3.8) is 0 Å². The maximum absolute atomic E-state index is 12.5. The molecule has 0 saturated heterocycles. The number of hydrogen-bond acceptors (Lipinski definition) is 7. The fraction of sp³-hybridized carbons (Fsp3) is 0.300. The molecule has 0 aromatic carbocycles. The third kappa shape index (κ3) is 3.58. The first-order chi connectivity index (χ1) is 13.9. The van der Waals surface area contributed by atoms with Gasteiger partial charge in [0.05, 0.1) is 24.6 Å². The molecule has 0 bridgehead atoms. The lowest BCUT2D eigenvalue weighted by molar-refractivity contribution is -0.136. The Kier molecular flexibility index (Phi) is 4.79. The highest BCUT2D eigenvalue weighted by atomic mass is 16.2. The lowest BCUT2D eigenvalue weighted by Gasteiger charge is -2.28. The van der Waals surface area contributed by atoms with Crippen molar-refractivity contribution in [2.24, 2.45) is 0 Å². The summed E-state index contributed by atoms with van der Waals surface area (Å²) in [5.74, 6) is -0.640. The van der Waals surface area contributed by atoms with Crippen LogP contribution in [-0.4, -0.2) is 62.6 Å². The van der Waals surface area contributed by atoms with Crippen molar-refractivity contribution >= 4 is 23.5 Å². The van der Waals surface area contributed by atoms with Gasteiger partial charge in [-0.25, -0.2) is 4.98 Å². The smallest absolute Gasteiger partial charge is 0.277 e. The Labute approximate surface area is 167 Å². The molecule has 9 nitrogen and oxygen atoms in total. The number of hydrogen-bond donors (Lipinski definition) is 1. The summed E-state index contributed by atoms with van der Waals surface area (Å²) in [6, 6.07) is 3.80. The molecule has 0 saturated carbocycles. The molecule has 29 heavy (non-hydrogen) atoms. The Bertz CT molecular complexity index is 1010. The van der Waals surface area contributed by atoms with Crippen molar-refractivity contribution in [2.45, 2.75) is 19.8 Å². The number of pyridine rings is 1. The zero-order chi connectivity index (χ0) is 20.5. The highest BCUT2D eigenvalue weighted by Gasteiger charge is 2.40. The molecular formula is C20H20N6O3. The molecule has 0 atom stereocenters. The second-order valence-electron chi connectivity index (χ2n) is 7.04. The van der Waals surface area contributed by atoms with E-state index < -0.39 is 0 Å². The monoisotopic (exact) mass is 392 g/mol. The van der Waals surface area contributed by atoms with Crippen LogP contribution in [0.3, 0.4) is 0 Å². The standard InChI is InChI=1S/C20H20N6O3/c1-12-5-6-13(8-21-12)15-9-23-16(10-22-15)24-17(27)11-26-7-3-4-14-18(26)20(29)25(2)19(14)28/h5-6,8-10H,3-4,7,11H2,1-2H3,(H,23,24,27). The third-order valence-electron chi connectivity index (χ3n) is 4.99. The van der Waals surface area contributed by atoms with Crippen LogP contribution in [0.2, 0.25) is 0 Å². The fourth-order valence-corrected chi connectivity index (χ4v) is 3.47. The Hall–Kier alpha value is -3.62. The maximum Gasteiger partial charge on any atom is 0.277 e. The number of anilines is 1. The van der Waals surface area contributed by atoms with Crippen molar-refractivity contribution in [3.05, 3.63) is 47.7 Å². The number of nitrogens with one attached hydrogen (secondary N) is 1. The van der Waals surface area contributed by atoms with Gasteiger partial charge in [0, 0.05) is 36.6 Å². The van der Waals surface area contributed by atoms with Crippen LogP contribution in [0.1, 0.15) is 18.5 Å². The maximum atomic E-state index is 12.5. The highest BCUT2D eigenvalue weighted by Crippen LogP contribution is 2.30. The van der Waals surface area contributed by atoms with Crippen LogP contribution in [0.5, 0.6) is 0 Å². The number of amides is 3. The first-order valence-corrected chi connectivity index (χ1v) is 9.29. The lowest BCUT2D eigenvalue weighted by Crippen LogP contribution is -2.38. The lowest BCUT2D eigenvalue weighted by atomic mass is 10.0. The summed E-state index contributed by atoms with van der Waals surface area (Å²) in [4.78, 5) is 52.5. The topological polar surface area (TPSA) is 108 Å². The van der Waals surface area contributed by atoms with Gasteiger partial charge in [-0.2, -0.15) is 0 Å². The molecule has 148 valence electrons. The van der Waals surface area contributed by atoms with Gasteiger partial charge in [0.2, 0.25) is 5.91 Å². The number of carbonyl (C=O) groups excluding carboxylic acids is 3. The third-order valence-corrected chi connectivity index (χ3v) is 4.99. The minimum atomic E-state index is -0.353. The highest BCUT2D eigenvalue weighted by molar-refractivity contribution is 6.19. The Morgan fingerprint density at radius 3 is 2.62 bits per heavy atom. The molecule has 3 amide bonds. The van der Waals surface area contributed by atoms with E-state index in [1.807, 2.05) is 19.1 Å². The van der Waals surface area contributed by atoms with Crippen molar-refractivity contribution < 1.29 is 14.4 Å². The van der Waals surface area contributed by atoms with Crippen LogP contribution in [0.4, 0.5) is 5.82 Å². The van der Waals surface area contributed by atoms with Crippen LogP contribution in [-0.2, 0) is 14.4 Å². The Morgan fingerprint density at radius 1 is 1.10 bits per heavy atom. The minimum absolute atomic E-state index is 0.0307. The van der Waals surface area contributed by atoms with E-state index in [0.29, 0.717) is 35.7 Å². The van der Waals surface area contributed by atoms with Gasteiger partial charge in [-0.1, -0.05) is 0 Å². The second-order valence-corrected chi connectivity index (χ2v) is 7.04. The van der Waals surface area contributed by atoms with E-state index >= 15 is 0 Å². The van der Waals surface area contributed by atoms with Crippen molar-refractivity contribution in [3.8, 4) is 11.3 Å². The molecule has 2 aromatic heterocycles. The zero-order valence-corrected chi connectivity index (χ0v) is 16.2. The molecule has 2 aromatic rings. The van der Waals surface area contributed by atoms with Gasteiger partial charge in [-0.3, -0.25) is 29.3 Å². The molecule has 0 spiro atoms. The summed E-state index contributed by atoms with van der Waals surface area (Å²) >= 11 is 0. The summed E-state index contributed by atoms with van der Waals surface area (Å²) < 4.78 is 0. The van der Waals surface area contributed by atoms with Gasteiger partial charge in [0.25, 0.3) is 11.8 Å². The van der Waals surface area contributed by atoms with E-state index in [1.54, 1.807) is 17.3 Å². The number of aromatic nitrogens is 3. The summed E-state index contributed by atoms with van der Waals surface area (Å²) in [5.41, 5.74) is 3.23. The number of aryl methyl sites for hydroxylation is 1. The van der Waals surface area contributed by atoms with Gasteiger partial charge in [0.1, 0.15) is 5.70 Å². The average molecular weight is 392 g/mol. The number of nitrogens with zero attached hydrogens (tertiary/aromatic N) is 5. The Morgan fingerprint density at radius 2 is 1.93 bits per heavy atom. The normalized spacial score (nSPS) is 16.3. The fourth-order valence-electron chi connectivity index (χ4n) is 3.47. The number of carbonyl (C=O) groups is 3. The molecule has 2 aliphatic heterocycles. The molecule has 4 heterocycles. The van der Waals surface area contributed by atoms with Crippen LogP contribution in [0.25, 0.3) is 11.3 Å². The van der Waals surface area contributed by atoms with Gasteiger partial charge < -0.3 is 10.2 Å². The molecular weight excluding hydrogens is 372 g/mol. The van der Waals surface area contributed by atoms with E-state index in [1.165, 1.54) is 13.2 Å². The SMILES string of the molecule is Cc1ccc(-c2cnc(NC(=O)CN3CCCC4=C3C(=O)N(C)C4=O)cn2)cn1. The first-order valence-electron chi connectivity index (χ1n) is 9.29. The number of rotatable bonds is 4. The second kappa shape index (κ2) is 7.42. The summed E-state index contributed by atoms with van der Waals surface area (Å²) in [7, 11) is 1.46. The van der Waals surface area contributed by atoms with Crippen molar-refractivity contribution in [1.82, 2.24) is 24.8 Å². The van der Waals surface area contributed by atoms with Crippen molar-refractivity contribution in [2.75, 3.05) is 25.5 Å². The molecule has 0 aliphatic carbocycles. The van der Waals surface area contributed by atoms with Crippen molar-refractivity contribution in [1.29, 1.82) is 0 Å². The zero-order valence-electron chi connectivity index (χ0n) is 16.2. The quantitative estimate of drug-likeness (QED) is 0.777. The predicted molar refractivity (Wildman–Crippen MR) is 104 cm³/mol.